The number of esters is 1. The van der Waals surface area contributed by atoms with Gasteiger partial charge in [0, 0.05) is 17.4 Å². The molecule has 1 saturated heterocycles. The van der Waals surface area contributed by atoms with Crippen molar-refractivity contribution in [3.8, 4) is 22.8 Å². The first-order chi connectivity index (χ1) is 19.6. The number of anilines is 1. The Hall–Kier alpha value is -4.95. The Bertz CT molecular complexity index is 1620. The van der Waals surface area contributed by atoms with Crippen molar-refractivity contribution in [2.45, 2.75) is 12.1 Å². The molecule has 0 aliphatic carbocycles. The molecule has 3 aromatic carbocycles. The van der Waals surface area contributed by atoms with Crippen molar-refractivity contribution in [1.29, 1.82) is 0 Å². The van der Waals surface area contributed by atoms with Crippen molar-refractivity contribution in [3.63, 3.8) is 0 Å². The van der Waals surface area contributed by atoms with Gasteiger partial charge in [-0.2, -0.15) is 0 Å². The van der Waals surface area contributed by atoms with Crippen molar-refractivity contribution in [1.82, 2.24) is 10.3 Å². The quantitative estimate of drug-likeness (QED) is 0.171. The van der Waals surface area contributed by atoms with Crippen LogP contribution in [-0.2, 0) is 4.74 Å². The van der Waals surface area contributed by atoms with Crippen LogP contribution in [0.4, 0.5) is 5.69 Å². The number of rotatable bonds is 7. The smallest absolute Gasteiger partial charge is 0.337 e. The molecule has 1 fully saturated rings. The van der Waals surface area contributed by atoms with E-state index in [0.29, 0.717) is 16.4 Å². The number of nitrogens with one attached hydrogen (secondary N) is 1. The van der Waals surface area contributed by atoms with Gasteiger partial charge < -0.3 is 24.1 Å². The van der Waals surface area contributed by atoms with Crippen LogP contribution in [0.25, 0.3) is 11.3 Å². The van der Waals surface area contributed by atoms with Crippen LogP contribution in [-0.4, -0.2) is 23.2 Å². The predicted molar refractivity (Wildman–Crippen MR) is 156 cm³/mol. The number of benzene rings is 3. The van der Waals surface area contributed by atoms with Crippen LogP contribution in [0.2, 0.25) is 0 Å². The van der Waals surface area contributed by atoms with E-state index in [2.05, 4.69) is 10.3 Å². The van der Waals surface area contributed by atoms with Crippen molar-refractivity contribution in [2.24, 2.45) is 0 Å². The van der Waals surface area contributed by atoms with Crippen molar-refractivity contribution in [3.05, 3.63) is 132 Å². The number of aromatic nitrogens is 1. The Morgan fingerprint density at radius 1 is 0.875 bits per heavy atom. The van der Waals surface area contributed by atoms with Crippen LogP contribution in [0.3, 0.4) is 0 Å². The van der Waals surface area contributed by atoms with E-state index >= 15 is 0 Å². The lowest BCUT2D eigenvalue weighted by atomic mass is 10.0. The summed E-state index contributed by atoms with van der Waals surface area (Å²) in [6.07, 6.45) is 1.77. The highest BCUT2D eigenvalue weighted by Crippen LogP contribution is 2.43. The number of ether oxygens (including phenoxy) is 2. The number of methoxy groups -OCH3 is 1. The topological polar surface area (TPSA) is 76.8 Å². The fourth-order valence-electron chi connectivity index (χ4n) is 4.78. The third-order valence-electron chi connectivity index (χ3n) is 6.70. The number of pyridine rings is 1. The van der Waals surface area contributed by atoms with E-state index in [9.17, 15) is 4.79 Å². The number of hydrogen-bond donors (Lipinski definition) is 1. The zero-order valence-corrected chi connectivity index (χ0v) is 22.4. The van der Waals surface area contributed by atoms with E-state index in [1.165, 1.54) is 7.11 Å². The number of nitrogens with zero attached hydrogens (tertiary/aromatic N) is 2. The Morgan fingerprint density at radius 3 is 2.30 bits per heavy atom. The minimum absolute atomic E-state index is 0.241. The van der Waals surface area contributed by atoms with Crippen molar-refractivity contribution in [2.75, 3.05) is 12.0 Å². The van der Waals surface area contributed by atoms with Gasteiger partial charge in [-0.1, -0.05) is 36.4 Å². The Balaban J connectivity index is 1.33. The second kappa shape index (κ2) is 11.0. The molecule has 1 N–H and O–H groups in total. The molecule has 5 aromatic rings. The molecule has 6 rings (SSSR count). The van der Waals surface area contributed by atoms with Gasteiger partial charge >= 0.3 is 5.97 Å². The van der Waals surface area contributed by atoms with Crippen LogP contribution in [0.15, 0.2) is 120 Å². The SMILES string of the molecule is COC(=O)c1ccc(-c2ccc([C@H]3[C@@H](c4ccccn4)NC(=S)N3c3ccc(Oc4ccccc4)cc3)o2)cc1. The minimum Gasteiger partial charge on any atom is -0.465 e. The Morgan fingerprint density at radius 2 is 1.60 bits per heavy atom. The van der Waals surface area contributed by atoms with E-state index in [0.717, 1.165) is 34.2 Å². The average molecular weight is 548 g/mol. The lowest BCUT2D eigenvalue weighted by molar-refractivity contribution is 0.0600. The second-order valence-corrected chi connectivity index (χ2v) is 9.56. The summed E-state index contributed by atoms with van der Waals surface area (Å²) in [5.74, 6) is 2.51. The maximum absolute atomic E-state index is 11.8. The monoisotopic (exact) mass is 547 g/mol. The van der Waals surface area contributed by atoms with Crippen molar-refractivity contribution >= 4 is 29.0 Å². The highest BCUT2D eigenvalue weighted by atomic mass is 32.1. The molecule has 2 atom stereocenters. The number of para-hydroxylation sites is 1. The number of thiocarbonyl (C=S) groups is 1. The van der Waals surface area contributed by atoms with E-state index < -0.39 is 0 Å². The molecular formula is C32H25N3O4S. The lowest BCUT2D eigenvalue weighted by Crippen LogP contribution is -2.29. The number of carbonyl (C=O) groups excluding carboxylic acids is 1. The summed E-state index contributed by atoms with van der Waals surface area (Å²) in [5.41, 5.74) is 3.06. The molecular weight excluding hydrogens is 522 g/mol. The van der Waals surface area contributed by atoms with Gasteiger partial charge in [0.25, 0.3) is 0 Å². The third kappa shape index (κ3) is 5.04. The molecule has 0 radical (unpaired) electrons. The van der Waals surface area contributed by atoms with E-state index in [4.69, 9.17) is 26.1 Å². The molecule has 2 aromatic heterocycles. The second-order valence-electron chi connectivity index (χ2n) is 9.18. The van der Waals surface area contributed by atoms with Crippen LogP contribution in [0.1, 0.15) is 33.9 Å². The van der Waals surface area contributed by atoms with Crippen molar-refractivity contribution < 1.29 is 18.7 Å². The summed E-state index contributed by atoms with van der Waals surface area (Å²) in [6.45, 7) is 0. The highest BCUT2D eigenvalue weighted by Gasteiger charge is 2.42. The van der Waals surface area contributed by atoms with Gasteiger partial charge in [-0.05, 0) is 85.0 Å². The van der Waals surface area contributed by atoms with Crippen LogP contribution in [0, 0.1) is 0 Å². The molecule has 3 heterocycles. The summed E-state index contributed by atoms with van der Waals surface area (Å²) < 4.78 is 17.2. The predicted octanol–water partition coefficient (Wildman–Crippen LogP) is 7.10. The third-order valence-corrected chi connectivity index (χ3v) is 7.02. The molecule has 198 valence electrons. The first-order valence-corrected chi connectivity index (χ1v) is 13.1. The Kier molecular flexibility index (Phi) is 6.99. The summed E-state index contributed by atoms with van der Waals surface area (Å²) >= 11 is 5.84. The van der Waals surface area contributed by atoms with E-state index in [1.54, 1.807) is 18.3 Å². The first-order valence-electron chi connectivity index (χ1n) is 12.7. The van der Waals surface area contributed by atoms with Gasteiger partial charge in [0.15, 0.2) is 5.11 Å². The molecule has 0 spiro atoms. The van der Waals surface area contributed by atoms with Gasteiger partial charge in [-0.25, -0.2) is 4.79 Å². The number of hydrogen-bond acceptors (Lipinski definition) is 6. The average Bonchev–Trinajstić information content (AvgIpc) is 3.63. The summed E-state index contributed by atoms with van der Waals surface area (Å²) in [7, 11) is 1.36. The molecule has 1 aliphatic heterocycles. The maximum atomic E-state index is 11.8. The molecule has 0 saturated carbocycles. The molecule has 0 amide bonds. The fraction of sp³-hybridized carbons (Fsp3) is 0.0938. The summed E-state index contributed by atoms with van der Waals surface area (Å²) in [6, 6.07) is 33.7. The summed E-state index contributed by atoms with van der Waals surface area (Å²) in [4.78, 5) is 18.5. The molecule has 40 heavy (non-hydrogen) atoms. The fourth-order valence-corrected chi connectivity index (χ4v) is 5.12. The molecule has 0 unspecified atom stereocenters. The molecule has 0 bridgehead atoms. The lowest BCUT2D eigenvalue weighted by Gasteiger charge is -2.26. The normalized spacial score (nSPS) is 16.4. The van der Waals surface area contributed by atoms with Gasteiger partial charge in [0.2, 0.25) is 0 Å². The number of furan rings is 1. The van der Waals surface area contributed by atoms with Gasteiger partial charge in [0.05, 0.1) is 24.4 Å². The zero-order chi connectivity index (χ0) is 27.5. The van der Waals surface area contributed by atoms with Crippen LogP contribution >= 0.6 is 12.2 Å². The molecule has 8 heteroatoms. The van der Waals surface area contributed by atoms with E-state index in [-0.39, 0.29) is 18.1 Å². The molecule has 7 nitrogen and oxygen atoms in total. The Labute approximate surface area is 237 Å². The largest absolute Gasteiger partial charge is 0.465 e. The van der Waals surface area contributed by atoms with Crippen LogP contribution in [0.5, 0.6) is 11.5 Å². The van der Waals surface area contributed by atoms with Gasteiger partial charge in [-0.15, -0.1) is 0 Å². The highest BCUT2D eigenvalue weighted by molar-refractivity contribution is 7.80. The summed E-state index contributed by atoms with van der Waals surface area (Å²) in [5, 5.41) is 4.02. The maximum Gasteiger partial charge on any atom is 0.337 e. The van der Waals surface area contributed by atoms with Crippen LogP contribution < -0.4 is 15.0 Å². The molecule has 1 aliphatic rings. The number of carbonyl (C=O) groups is 1. The van der Waals surface area contributed by atoms with E-state index in [1.807, 2.05) is 102 Å². The van der Waals surface area contributed by atoms with Gasteiger partial charge in [-0.3, -0.25) is 4.98 Å². The minimum atomic E-state index is -0.383. The first kappa shape index (κ1) is 25.3. The zero-order valence-electron chi connectivity index (χ0n) is 21.6. The van der Waals surface area contributed by atoms with Gasteiger partial charge in [0.1, 0.15) is 29.1 Å². The standard InChI is InChI=1S/C32H25N3O4S/c1-37-31(36)22-12-10-21(11-13-22)27-18-19-28(39-27)30-29(26-9-5-6-20-33-26)34-32(40)35(30)23-14-16-25(17-15-23)38-24-7-3-2-4-8-24/h2-20,29-30H,1H3,(H,34,40)/t29-,30+/m1/s1.